The van der Waals surface area contributed by atoms with E-state index in [-0.39, 0.29) is 12.5 Å². The highest BCUT2D eigenvalue weighted by molar-refractivity contribution is 7.00. The van der Waals surface area contributed by atoms with Crippen LogP contribution in [0.15, 0.2) is 42.5 Å². The zero-order valence-corrected chi connectivity index (χ0v) is 13.5. The summed E-state index contributed by atoms with van der Waals surface area (Å²) in [6.45, 7) is 0.541. The summed E-state index contributed by atoms with van der Waals surface area (Å²) in [4.78, 5) is 12.4. The topological polar surface area (TPSA) is 84.3 Å². The van der Waals surface area contributed by atoms with Crippen LogP contribution in [0.1, 0.15) is 22.3 Å². The Balaban J connectivity index is 1.53. The summed E-state index contributed by atoms with van der Waals surface area (Å²) in [6.07, 6.45) is 0.430. The molecule has 1 unspecified atom stereocenters. The van der Waals surface area contributed by atoms with Crippen LogP contribution in [-0.2, 0) is 5.60 Å². The van der Waals surface area contributed by atoms with Gasteiger partial charge in [-0.3, -0.25) is 4.79 Å². The first-order chi connectivity index (χ1) is 11.7. The van der Waals surface area contributed by atoms with E-state index in [9.17, 15) is 9.90 Å². The number of carbonyl (C=O) groups is 1. The second kappa shape index (κ2) is 5.85. The number of nitrogens with one attached hydrogen (secondary N) is 1. The Morgan fingerprint density at radius 2 is 2.08 bits per heavy atom. The van der Waals surface area contributed by atoms with Crippen molar-refractivity contribution < 1.29 is 14.6 Å². The highest BCUT2D eigenvalue weighted by Gasteiger charge is 2.35. The number of aliphatic hydroxyl groups is 1. The van der Waals surface area contributed by atoms with Crippen LogP contribution in [0.2, 0.25) is 0 Å². The second-order valence-corrected chi connectivity index (χ2v) is 6.31. The minimum atomic E-state index is -1.13. The van der Waals surface area contributed by atoms with Crippen LogP contribution in [0.4, 0.5) is 0 Å². The largest absolute Gasteiger partial charge is 0.493 e. The van der Waals surface area contributed by atoms with Gasteiger partial charge in [0.2, 0.25) is 0 Å². The molecule has 1 aromatic heterocycles. The van der Waals surface area contributed by atoms with E-state index in [2.05, 4.69) is 14.1 Å². The van der Waals surface area contributed by atoms with Crippen LogP contribution in [-0.4, -0.2) is 32.9 Å². The number of hydrogen-bond acceptors (Lipinski definition) is 6. The molecular formula is C17H15N3O3S. The lowest BCUT2D eigenvalue weighted by molar-refractivity contribution is -0.00160. The lowest BCUT2D eigenvalue weighted by Crippen LogP contribution is -2.43. The molecule has 0 fully saturated rings. The van der Waals surface area contributed by atoms with Gasteiger partial charge in [-0.2, -0.15) is 8.75 Å². The Bertz CT molecular complexity index is 911. The third-order valence-corrected chi connectivity index (χ3v) is 4.78. The summed E-state index contributed by atoms with van der Waals surface area (Å²) in [5.74, 6) is 0.415. The number of rotatable bonds is 3. The van der Waals surface area contributed by atoms with Gasteiger partial charge >= 0.3 is 0 Å². The Morgan fingerprint density at radius 1 is 1.25 bits per heavy atom. The van der Waals surface area contributed by atoms with Gasteiger partial charge in [-0.25, -0.2) is 0 Å². The molecule has 0 bridgehead atoms. The summed E-state index contributed by atoms with van der Waals surface area (Å²) in [5, 5.41) is 13.8. The van der Waals surface area contributed by atoms with Crippen molar-refractivity contribution in [2.45, 2.75) is 12.0 Å². The monoisotopic (exact) mass is 341 g/mol. The molecule has 2 aromatic carbocycles. The summed E-state index contributed by atoms with van der Waals surface area (Å²) >= 11 is 1.12. The van der Waals surface area contributed by atoms with Crippen molar-refractivity contribution >= 4 is 28.7 Å². The molecule has 6 nitrogen and oxygen atoms in total. The number of ether oxygens (including phenoxy) is 1. The fourth-order valence-electron chi connectivity index (χ4n) is 2.88. The fraction of sp³-hybridized carbons (Fsp3) is 0.235. The number of aromatic nitrogens is 2. The maximum atomic E-state index is 12.4. The molecular weight excluding hydrogens is 326 g/mol. The van der Waals surface area contributed by atoms with Crippen LogP contribution >= 0.6 is 11.7 Å². The Kier molecular flexibility index (Phi) is 3.66. The first kappa shape index (κ1) is 15.0. The van der Waals surface area contributed by atoms with Crippen LogP contribution in [0.5, 0.6) is 5.75 Å². The third kappa shape index (κ3) is 2.61. The molecule has 1 aliphatic heterocycles. The fourth-order valence-corrected chi connectivity index (χ4v) is 3.39. The molecule has 1 amide bonds. The number of carbonyl (C=O) groups excluding carboxylic acids is 1. The van der Waals surface area contributed by atoms with Gasteiger partial charge in [-0.1, -0.05) is 18.2 Å². The average molecular weight is 341 g/mol. The van der Waals surface area contributed by atoms with Crippen LogP contribution in [0.25, 0.3) is 11.0 Å². The van der Waals surface area contributed by atoms with E-state index in [4.69, 9.17) is 4.74 Å². The van der Waals surface area contributed by atoms with Crippen LogP contribution in [0.3, 0.4) is 0 Å². The lowest BCUT2D eigenvalue weighted by Gasteiger charge is -2.34. The van der Waals surface area contributed by atoms with E-state index in [0.29, 0.717) is 35.4 Å². The van der Waals surface area contributed by atoms with Gasteiger partial charge in [0, 0.05) is 17.5 Å². The molecule has 3 aromatic rings. The smallest absolute Gasteiger partial charge is 0.251 e. The van der Waals surface area contributed by atoms with E-state index in [1.165, 1.54) is 0 Å². The van der Waals surface area contributed by atoms with Crippen molar-refractivity contribution in [3.8, 4) is 5.75 Å². The molecule has 122 valence electrons. The number of fused-ring (bicyclic) bond motifs is 2. The molecule has 2 heterocycles. The molecule has 4 rings (SSSR count). The van der Waals surface area contributed by atoms with Crippen molar-refractivity contribution in [2.75, 3.05) is 13.2 Å². The van der Waals surface area contributed by atoms with Crippen molar-refractivity contribution in [1.29, 1.82) is 0 Å². The number of para-hydroxylation sites is 1. The van der Waals surface area contributed by atoms with Crippen molar-refractivity contribution in [2.24, 2.45) is 0 Å². The lowest BCUT2D eigenvalue weighted by atomic mass is 9.88. The molecule has 24 heavy (non-hydrogen) atoms. The zero-order valence-electron chi connectivity index (χ0n) is 12.7. The van der Waals surface area contributed by atoms with Gasteiger partial charge in [-0.15, -0.1) is 0 Å². The Morgan fingerprint density at radius 3 is 3.00 bits per heavy atom. The number of benzene rings is 2. The predicted molar refractivity (Wildman–Crippen MR) is 90.2 cm³/mol. The third-order valence-electron chi connectivity index (χ3n) is 4.22. The predicted octanol–water partition coefficient (Wildman–Crippen LogP) is 2.09. The van der Waals surface area contributed by atoms with E-state index in [1.807, 2.05) is 24.3 Å². The highest BCUT2D eigenvalue weighted by Crippen LogP contribution is 2.36. The van der Waals surface area contributed by atoms with Crippen LogP contribution in [0, 0.1) is 0 Å². The van der Waals surface area contributed by atoms with E-state index in [0.717, 1.165) is 17.2 Å². The quantitative estimate of drug-likeness (QED) is 0.762. The second-order valence-electron chi connectivity index (χ2n) is 5.78. The van der Waals surface area contributed by atoms with E-state index >= 15 is 0 Å². The Labute approximate surface area is 142 Å². The molecule has 0 saturated heterocycles. The summed E-state index contributed by atoms with van der Waals surface area (Å²) < 4.78 is 13.8. The number of amides is 1. The molecule has 0 aliphatic carbocycles. The molecule has 7 heteroatoms. The van der Waals surface area contributed by atoms with Gasteiger partial charge in [0.25, 0.3) is 5.91 Å². The van der Waals surface area contributed by atoms with E-state index < -0.39 is 5.60 Å². The average Bonchev–Trinajstić information content (AvgIpc) is 3.08. The van der Waals surface area contributed by atoms with Gasteiger partial charge in [0.1, 0.15) is 22.4 Å². The van der Waals surface area contributed by atoms with Gasteiger partial charge in [-0.05, 0) is 24.3 Å². The summed E-state index contributed by atoms with van der Waals surface area (Å²) in [5.41, 5.74) is 1.54. The normalized spacial score (nSPS) is 19.5. The van der Waals surface area contributed by atoms with Crippen molar-refractivity contribution in [3.63, 3.8) is 0 Å². The molecule has 0 spiro atoms. The number of hydrogen-bond donors (Lipinski definition) is 2. The van der Waals surface area contributed by atoms with Gasteiger partial charge in [0.15, 0.2) is 0 Å². The molecule has 1 atom stereocenters. The number of nitrogens with zero attached hydrogens (tertiary/aromatic N) is 2. The van der Waals surface area contributed by atoms with Gasteiger partial charge < -0.3 is 15.2 Å². The minimum Gasteiger partial charge on any atom is -0.493 e. The highest BCUT2D eigenvalue weighted by atomic mass is 32.1. The Hall–Kier alpha value is -2.51. The SMILES string of the molecule is O=C(NCC1(O)CCOc2ccccc21)c1ccc2nsnc2c1. The summed E-state index contributed by atoms with van der Waals surface area (Å²) in [7, 11) is 0. The van der Waals surface area contributed by atoms with Gasteiger partial charge in [0.05, 0.1) is 24.9 Å². The molecule has 0 saturated carbocycles. The minimum absolute atomic E-state index is 0.125. The summed E-state index contributed by atoms with van der Waals surface area (Å²) in [6, 6.07) is 12.5. The maximum Gasteiger partial charge on any atom is 0.251 e. The van der Waals surface area contributed by atoms with Crippen molar-refractivity contribution in [3.05, 3.63) is 53.6 Å². The standard InChI is InChI=1S/C17H15N3O3S/c21-16(11-5-6-13-14(9-11)20-24-19-13)18-10-17(22)7-8-23-15-4-2-1-3-12(15)17/h1-6,9,22H,7-8,10H2,(H,18,21). The van der Waals surface area contributed by atoms with Crippen LogP contribution < -0.4 is 10.1 Å². The maximum absolute atomic E-state index is 12.4. The van der Waals surface area contributed by atoms with Crippen molar-refractivity contribution in [1.82, 2.24) is 14.1 Å². The first-order valence-corrected chi connectivity index (χ1v) is 8.34. The molecule has 0 radical (unpaired) electrons. The molecule has 1 aliphatic rings. The first-order valence-electron chi connectivity index (χ1n) is 7.61. The molecule has 2 N–H and O–H groups in total. The van der Waals surface area contributed by atoms with E-state index in [1.54, 1.807) is 18.2 Å². The zero-order chi connectivity index (χ0) is 16.6.